The minimum atomic E-state index is -0.290. The second kappa shape index (κ2) is 8.21. The molecule has 146 valence electrons. The molecule has 1 aromatic carbocycles. The second-order valence-electron chi connectivity index (χ2n) is 7.97. The van der Waals surface area contributed by atoms with Gasteiger partial charge in [0.25, 0.3) is 11.8 Å². The lowest BCUT2D eigenvalue weighted by Gasteiger charge is -2.35. The van der Waals surface area contributed by atoms with Crippen LogP contribution in [0, 0.1) is 12.8 Å². The Kier molecular flexibility index (Phi) is 5.95. The van der Waals surface area contributed by atoms with Gasteiger partial charge in [-0.25, -0.2) is 0 Å². The van der Waals surface area contributed by atoms with Crippen molar-refractivity contribution in [1.82, 2.24) is 14.7 Å². The highest BCUT2D eigenvalue weighted by Crippen LogP contribution is 2.24. The Hall–Kier alpha value is -2.21. The third kappa shape index (κ3) is 4.38. The number of hydrogen-bond acceptors (Lipinski definition) is 4. The summed E-state index contributed by atoms with van der Waals surface area (Å²) in [6.07, 6.45) is 1.36. The van der Waals surface area contributed by atoms with Crippen LogP contribution in [0.15, 0.2) is 18.2 Å². The Labute approximate surface area is 161 Å². The lowest BCUT2D eigenvalue weighted by atomic mass is 10.1. The normalized spacial score (nSPS) is 17.8. The zero-order valence-corrected chi connectivity index (χ0v) is 16.5. The van der Waals surface area contributed by atoms with Crippen LogP contribution in [0.5, 0.6) is 0 Å². The van der Waals surface area contributed by atoms with E-state index in [1.807, 2.05) is 17.9 Å². The Morgan fingerprint density at radius 2 is 1.67 bits per heavy atom. The Balaban J connectivity index is 1.49. The van der Waals surface area contributed by atoms with E-state index in [1.54, 1.807) is 12.1 Å². The van der Waals surface area contributed by atoms with Gasteiger partial charge in [0.05, 0.1) is 11.1 Å². The largest absolute Gasteiger partial charge is 0.340 e. The minimum absolute atomic E-state index is 0.0197. The molecule has 6 nitrogen and oxygen atoms in total. The molecule has 1 saturated heterocycles. The molecule has 0 saturated carbocycles. The minimum Gasteiger partial charge on any atom is -0.340 e. The van der Waals surface area contributed by atoms with Crippen molar-refractivity contribution in [2.45, 2.75) is 33.6 Å². The molecule has 0 N–H and O–H groups in total. The number of aryl methyl sites for hydroxylation is 1. The number of carbonyl (C=O) groups excluding carboxylic acids is 3. The summed E-state index contributed by atoms with van der Waals surface area (Å²) >= 11 is 0. The van der Waals surface area contributed by atoms with Crippen LogP contribution >= 0.6 is 0 Å². The average Bonchev–Trinajstić information content (AvgIpc) is 2.88. The van der Waals surface area contributed by atoms with Gasteiger partial charge >= 0.3 is 0 Å². The van der Waals surface area contributed by atoms with E-state index in [0.717, 1.165) is 38.3 Å². The first kappa shape index (κ1) is 19.5. The van der Waals surface area contributed by atoms with Crippen LogP contribution in [0.4, 0.5) is 0 Å². The van der Waals surface area contributed by atoms with Gasteiger partial charge in [-0.2, -0.15) is 0 Å². The van der Waals surface area contributed by atoms with E-state index in [2.05, 4.69) is 18.7 Å². The number of benzene rings is 1. The average molecular weight is 371 g/mol. The van der Waals surface area contributed by atoms with Gasteiger partial charge in [-0.15, -0.1) is 0 Å². The van der Waals surface area contributed by atoms with Crippen molar-refractivity contribution >= 4 is 17.7 Å². The van der Waals surface area contributed by atoms with Crippen molar-refractivity contribution in [1.29, 1.82) is 0 Å². The van der Waals surface area contributed by atoms with Gasteiger partial charge < -0.3 is 4.90 Å². The predicted molar refractivity (Wildman–Crippen MR) is 104 cm³/mol. The molecule has 6 heteroatoms. The van der Waals surface area contributed by atoms with Crippen LogP contribution in [0.2, 0.25) is 0 Å². The number of carbonyl (C=O) groups is 3. The number of hydrogen-bond donors (Lipinski definition) is 0. The lowest BCUT2D eigenvalue weighted by molar-refractivity contribution is -0.133. The summed E-state index contributed by atoms with van der Waals surface area (Å²) in [7, 11) is 0. The summed E-state index contributed by atoms with van der Waals surface area (Å²) in [4.78, 5) is 42.9. The van der Waals surface area contributed by atoms with Gasteiger partial charge in [-0.3, -0.25) is 24.2 Å². The fourth-order valence-corrected chi connectivity index (χ4v) is 3.63. The van der Waals surface area contributed by atoms with Crippen LogP contribution in [0.25, 0.3) is 0 Å². The van der Waals surface area contributed by atoms with E-state index < -0.39 is 0 Å². The predicted octanol–water partition coefficient (Wildman–Crippen LogP) is 2.17. The quantitative estimate of drug-likeness (QED) is 0.719. The molecule has 0 radical (unpaired) electrons. The maximum Gasteiger partial charge on any atom is 0.261 e. The number of rotatable bonds is 6. The number of nitrogens with zero attached hydrogens (tertiary/aromatic N) is 3. The van der Waals surface area contributed by atoms with Gasteiger partial charge in [0, 0.05) is 39.1 Å². The summed E-state index contributed by atoms with van der Waals surface area (Å²) in [5, 5.41) is 0. The van der Waals surface area contributed by atoms with Crippen molar-refractivity contribution < 1.29 is 14.4 Å². The fourth-order valence-electron chi connectivity index (χ4n) is 3.63. The summed E-state index contributed by atoms with van der Waals surface area (Å²) < 4.78 is 0. The van der Waals surface area contributed by atoms with Gasteiger partial charge in [0.2, 0.25) is 5.91 Å². The molecule has 2 aliphatic heterocycles. The van der Waals surface area contributed by atoms with Crippen molar-refractivity contribution in [3.8, 4) is 0 Å². The zero-order chi connectivity index (χ0) is 19.6. The molecule has 1 fully saturated rings. The topological polar surface area (TPSA) is 60.9 Å². The van der Waals surface area contributed by atoms with Gasteiger partial charge in [-0.05, 0) is 37.9 Å². The molecule has 0 aliphatic carbocycles. The van der Waals surface area contributed by atoms with Crippen LogP contribution in [0.3, 0.4) is 0 Å². The second-order valence-corrected chi connectivity index (χ2v) is 7.97. The van der Waals surface area contributed by atoms with E-state index in [1.165, 1.54) is 11.3 Å². The molecule has 2 heterocycles. The molecule has 0 unspecified atom stereocenters. The zero-order valence-electron chi connectivity index (χ0n) is 16.5. The molecule has 1 aromatic rings. The van der Waals surface area contributed by atoms with Crippen molar-refractivity contribution in [3.63, 3.8) is 0 Å². The SMILES string of the molecule is Cc1ccc2c(c1)C(=O)N(CCC(=O)N1CCN(CCC(C)C)CC1)C2=O. The summed E-state index contributed by atoms with van der Waals surface area (Å²) in [5.74, 6) is 0.130. The first-order valence-electron chi connectivity index (χ1n) is 9.84. The highest BCUT2D eigenvalue weighted by atomic mass is 16.2. The van der Waals surface area contributed by atoms with Crippen molar-refractivity contribution in [2.24, 2.45) is 5.92 Å². The lowest BCUT2D eigenvalue weighted by Crippen LogP contribution is -2.49. The van der Waals surface area contributed by atoms with E-state index in [9.17, 15) is 14.4 Å². The van der Waals surface area contributed by atoms with Gasteiger partial charge in [0.15, 0.2) is 0 Å². The van der Waals surface area contributed by atoms with Crippen LogP contribution < -0.4 is 0 Å². The smallest absolute Gasteiger partial charge is 0.261 e. The molecule has 0 bridgehead atoms. The van der Waals surface area contributed by atoms with E-state index in [-0.39, 0.29) is 30.7 Å². The number of amides is 3. The summed E-state index contributed by atoms with van der Waals surface area (Å²) in [6.45, 7) is 10.8. The van der Waals surface area contributed by atoms with Crippen molar-refractivity contribution in [3.05, 3.63) is 34.9 Å². The molecule has 2 aliphatic rings. The Morgan fingerprint density at radius 3 is 2.33 bits per heavy atom. The molecule has 3 amide bonds. The third-order valence-electron chi connectivity index (χ3n) is 5.42. The monoisotopic (exact) mass is 371 g/mol. The highest BCUT2D eigenvalue weighted by molar-refractivity contribution is 6.21. The van der Waals surface area contributed by atoms with Crippen LogP contribution in [0.1, 0.15) is 53.0 Å². The highest BCUT2D eigenvalue weighted by Gasteiger charge is 2.35. The molecule has 0 atom stereocenters. The fraction of sp³-hybridized carbons (Fsp3) is 0.571. The van der Waals surface area contributed by atoms with Gasteiger partial charge in [0.1, 0.15) is 0 Å². The van der Waals surface area contributed by atoms with E-state index >= 15 is 0 Å². The van der Waals surface area contributed by atoms with Crippen LogP contribution in [-0.2, 0) is 4.79 Å². The third-order valence-corrected chi connectivity index (χ3v) is 5.42. The number of fused-ring (bicyclic) bond motifs is 1. The maximum absolute atomic E-state index is 12.5. The molecule has 3 rings (SSSR count). The Bertz CT molecular complexity index is 736. The molecule has 0 aromatic heterocycles. The van der Waals surface area contributed by atoms with Gasteiger partial charge in [-0.1, -0.05) is 25.5 Å². The molecular weight excluding hydrogens is 342 g/mol. The number of imide groups is 1. The van der Waals surface area contributed by atoms with Crippen molar-refractivity contribution in [2.75, 3.05) is 39.3 Å². The first-order chi connectivity index (χ1) is 12.9. The van der Waals surface area contributed by atoms with Crippen LogP contribution in [-0.4, -0.2) is 71.7 Å². The maximum atomic E-state index is 12.5. The molecule has 27 heavy (non-hydrogen) atoms. The summed E-state index contributed by atoms with van der Waals surface area (Å²) in [6, 6.07) is 5.27. The van der Waals surface area contributed by atoms with E-state index in [0.29, 0.717) is 17.0 Å². The Morgan fingerprint density at radius 1 is 1.00 bits per heavy atom. The summed E-state index contributed by atoms with van der Waals surface area (Å²) in [5.41, 5.74) is 1.84. The molecule has 0 spiro atoms. The molecular formula is C21H29N3O3. The number of piperazine rings is 1. The standard InChI is InChI=1S/C21H29N3O3/c1-15(2)6-8-22-10-12-23(13-11-22)19(25)7-9-24-20(26)17-5-4-16(3)14-18(17)21(24)27/h4-5,14-15H,6-13H2,1-3H3. The van der Waals surface area contributed by atoms with E-state index in [4.69, 9.17) is 0 Å². The first-order valence-corrected chi connectivity index (χ1v) is 9.84.